The SMILES string of the molecule is COC(=O)C1CC2(CC(NC(=O)c3ccc(Cl)c4cnn(Cc5ccc6nc(OC)ccc6c5)c34)C2)C1.COc1ccc2ccc(Cn3ncc4c(Cl)ccc(C(=O)CC5CC6(C5)CC(C(=O)O)C6)c43)cc2n1. The van der Waals surface area contributed by atoms with E-state index >= 15 is 0 Å². The maximum Gasteiger partial charge on any atom is 0.308 e. The van der Waals surface area contributed by atoms with Gasteiger partial charge < -0.3 is 24.6 Å². The maximum atomic E-state index is 13.4. The molecule has 4 aromatic heterocycles. The first-order chi connectivity index (χ1) is 35.2. The van der Waals surface area contributed by atoms with Gasteiger partial charge in [0.25, 0.3) is 5.91 Å². The van der Waals surface area contributed by atoms with Crippen molar-refractivity contribution in [3.8, 4) is 11.8 Å². The molecule has 374 valence electrons. The van der Waals surface area contributed by atoms with Crippen molar-refractivity contribution in [2.75, 3.05) is 21.3 Å². The highest BCUT2D eigenvalue weighted by Gasteiger charge is 2.56. The van der Waals surface area contributed by atoms with Crippen molar-refractivity contribution in [3.63, 3.8) is 0 Å². The molecule has 12 rings (SSSR count). The Balaban J connectivity index is 0.000000157. The summed E-state index contributed by atoms with van der Waals surface area (Å²) in [6, 6.07) is 26.9. The number of carboxylic acids is 1. The summed E-state index contributed by atoms with van der Waals surface area (Å²) in [5.74, 6) is 0.340. The molecule has 8 aromatic rings. The fourth-order valence-electron chi connectivity index (χ4n) is 12.2. The summed E-state index contributed by atoms with van der Waals surface area (Å²) in [5.41, 5.74) is 6.66. The second kappa shape index (κ2) is 19.1. The van der Waals surface area contributed by atoms with Crippen LogP contribution in [0.2, 0.25) is 10.0 Å². The van der Waals surface area contributed by atoms with E-state index in [1.54, 1.807) is 50.9 Å². The predicted octanol–water partition coefficient (Wildman–Crippen LogP) is 10.5. The first kappa shape index (κ1) is 48.2. The van der Waals surface area contributed by atoms with Crippen molar-refractivity contribution in [1.29, 1.82) is 0 Å². The third-order valence-corrected chi connectivity index (χ3v) is 16.5. The number of esters is 1. The van der Waals surface area contributed by atoms with Crippen molar-refractivity contribution in [2.24, 2.45) is 28.6 Å². The molecule has 4 aliphatic carbocycles. The predicted molar refractivity (Wildman–Crippen MR) is 276 cm³/mol. The van der Waals surface area contributed by atoms with Gasteiger partial charge in [-0.3, -0.25) is 28.5 Å². The lowest BCUT2D eigenvalue weighted by atomic mass is 9.47. The Morgan fingerprint density at radius 1 is 0.644 bits per heavy atom. The maximum absolute atomic E-state index is 13.4. The second-order valence-corrected chi connectivity index (χ2v) is 21.4. The average molecular weight is 1020 g/mol. The number of fused-ring (bicyclic) bond motifs is 4. The lowest BCUT2D eigenvalue weighted by Crippen LogP contribution is -2.57. The molecule has 0 radical (unpaired) electrons. The van der Waals surface area contributed by atoms with Crippen molar-refractivity contribution >= 4 is 90.4 Å². The van der Waals surface area contributed by atoms with Gasteiger partial charge in [-0.25, -0.2) is 9.97 Å². The molecule has 4 fully saturated rings. The number of aliphatic carboxylic acids is 1. The number of hydrogen-bond donors (Lipinski definition) is 2. The van der Waals surface area contributed by atoms with Crippen molar-refractivity contribution < 1.29 is 38.5 Å². The minimum atomic E-state index is -0.696. The number of halogens is 2. The summed E-state index contributed by atoms with van der Waals surface area (Å²) >= 11 is 12.9. The lowest BCUT2D eigenvalue weighted by Gasteiger charge is -2.56. The van der Waals surface area contributed by atoms with Gasteiger partial charge in [-0.05, 0) is 134 Å². The van der Waals surface area contributed by atoms with Crippen molar-refractivity contribution in [1.82, 2.24) is 34.8 Å². The summed E-state index contributed by atoms with van der Waals surface area (Å²) in [6.07, 6.45) is 10.7. The van der Waals surface area contributed by atoms with Gasteiger partial charge in [0.2, 0.25) is 11.8 Å². The number of nitrogens with zero attached hydrogens (tertiary/aromatic N) is 6. The number of pyridine rings is 2. The molecule has 4 aliphatic rings. The van der Waals surface area contributed by atoms with E-state index in [9.17, 15) is 24.3 Å². The van der Waals surface area contributed by atoms with Gasteiger partial charge in [0.15, 0.2) is 5.78 Å². The number of methoxy groups -OCH3 is 3. The largest absolute Gasteiger partial charge is 0.481 e. The van der Waals surface area contributed by atoms with Crippen LogP contribution in [0.3, 0.4) is 0 Å². The van der Waals surface area contributed by atoms with Crippen LogP contribution in [0, 0.1) is 28.6 Å². The Hall–Kier alpha value is -7.10. The Bertz CT molecular complexity index is 3510. The molecule has 4 saturated carbocycles. The third-order valence-electron chi connectivity index (χ3n) is 15.8. The van der Waals surface area contributed by atoms with E-state index in [1.165, 1.54) is 7.11 Å². The smallest absolute Gasteiger partial charge is 0.308 e. The monoisotopic (exact) mass is 1020 g/mol. The fourth-order valence-corrected chi connectivity index (χ4v) is 12.6. The molecule has 73 heavy (non-hydrogen) atoms. The highest BCUT2D eigenvalue weighted by atomic mass is 35.5. The lowest BCUT2D eigenvalue weighted by molar-refractivity contribution is -0.159. The topological polar surface area (TPSA) is 190 Å². The molecule has 2 spiro atoms. The highest BCUT2D eigenvalue weighted by Crippen LogP contribution is 2.62. The standard InChI is InChI=1S/C28H27ClN4O4.C28H26ClN3O4/c1-36-24-8-4-17-9-16(3-7-23(17)32-24)15-33-25-20(5-6-22(29)21(25)14-30-33)26(34)31-19-12-28(13-19)10-18(11-28)27(35)37-2;1-36-25-7-4-18-3-2-16(8-23(18)31-25)15-32-26-20(5-6-22(29)21(26)14-30-32)24(33)9-17-10-28(11-17)12-19(13-28)27(34)35/h3-9,14,18-19H,10-13,15H2,1-2H3,(H,31,34);2-8,14,17,19H,9-13,15H2,1H3,(H,34,35). The van der Waals surface area contributed by atoms with Crippen LogP contribution in [0.15, 0.2) is 97.3 Å². The molecular formula is C56H53Cl2N7O8. The fraction of sp³-hybridized carbons (Fsp3) is 0.357. The molecule has 1 amide bonds. The minimum Gasteiger partial charge on any atom is -0.481 e. The number of hydrogen-bond acceptors (Lipinski definition) is 11. The molecule has 4 heterocycles. The van der Waals surface area contributed by atoms with Crippen LogP contribution >= 0.6 is 23.2 Å². The zero-order valence-corrected chi connectivity index (χ0v) is 42.1. The van der Waals surface area contributed by atoms with Gasteiger partial charge >= 0.3 is 11.9 Å². The normalized spacial score (nSPS) is 22.7. The molecule has 17 heteroatoms. The summed E-state index contributed by atoms with van der Waals surface area (Å²) in [6.45, 7) is 0.954. The average Bonchev–Trinajstić information content (AvgIpc) is 3.97. The summed E-state index contributed by atoms with van der Waals surface area (Å²) < 4.78 is 19.0. The molecule has 4 aromatic carbocycles. The number of carbonyl (C=O) groups is 4. The summed E-state index contributed by atoms with van der Waals surface area (Å²) in [7, 11) is 4.63. The Labute approximate surface area is 430 Å². The van der Waals surface area contributed by atoms with Crippen LogP contribution in [0.4, 0.5) is 0 Å². The van der Waals surface area contributed by atoms with E-state index < -0.39 is 5.97 Å². The number of aromatic nitrogens is 6. The van der Waals surface area contributed by atoms with Gasteiger partial charge in [0, 0.05) is 51.7 Å². The number of nitrogens with one attached hydrogen (secondary N) is 1. The van der Waals surface area contributed by atoms with Gasteiger partial charge in [-0.1, -0.05) is 41.4 Å². The quantitative estimate of drug-likeness (QED) is 0.0822. The molecule has 0 atom stereocenters. The number of benzene rings is 4. The van der Waals surface area contributed by atoms with Gasteiger partial charge in [0.1, 0.15) is 0 Å². The number of carbonyl (C=O) groups excluding carboxylic acids is 3. The zero-order chi connectivity index (χ0) is 50.8. The summed E-state index contributed by atoms with van der Waals surface area (Å²) in [5, 5.41) is 26.1. The summed E-state index contributed by atoms with van der Waals surface area (Å²) in [4.78, 5) is 58.7. The Morgan fingerprint density at radius 3 is 1.82 bits per heavy atom. The van der Waals surface area contributed by atoms with Crippen LogP contribution in [-0.4, -0.2) is 85.6 Å². The minimum absolute atomic E-state index is 0.000176. The molecule has 2 N–H and O–H groups in total. The van der Waals surface area contributed by atoms with Gasteiger partial charge in [-0.15, -0.1) is 0 Å². The van der Waals surface area contributed by atoms with Crippen LogP contribution in [0.1, 0.15) is 89.6 Å². The Kier molecular flexibility index (Phi) is 12.6. The van der Waals surface area contributed by atoms with E-state index in [4.69, 9.17) is 37.4 Å². The molecule has 0 aliphatic heterocycles. The van der Waals surface area contributed by atoms with Crippen LogP contribution < -0.4 is 14.8 Å². The number of carboxylic acid groups (broad SMARTS) is 1. The first-order valence-corrected chi connectivity index (χ1v) is 25.3. The van der Waals surface area contributed by atoms with E-state index in [0.29, 0.717) is 63.9 Å². The number of Topliss-reactive ketones (excluding diaryl/α,β-unsaturated/α-hetero) is 1. The van der Waals surface area contributed by atoms with Crippen LogP contribution in [0.5, 0.6) is 11.8 Å². The number of ketones is 1. The van der Waals surface area contributed by atoms with Crippen molar-refractivity contribution in [2.45, 2.75) is 76.9 Å². The number of ether oxygens (including phenoxy) is 3. The van der Waals surface area contributed by atoms with Crippen LogP contribution in [0.25, 0.3) is 43.6 Å². The van der Waals surface area contributed by atoms with Gasteiger partial charge in [-0.2, -0.15) is 10.2 Å². The molecular weight excluding hydrogens is 970 g/mol. The molecule has 0 bridgehead atoms. The third kappa shape index (κ3) is 9.22. The van der Waals surface area contributed by atoms with E-state index in [-0.39, 0.29) is 46.4 Å². The van der Waals surface area contributed by atoms with E-state index in [2.05, 4.69) is 31.5 Å². The van der Waals surface area contributed by atoms with Crippen molar-refractivity contribution in [3.05, 3.63) is 130 Å². The molecule has 15 nitrogen and oxygen atoms in total. The van der Waals surface area contributed by atoms with Crippen LogP contribution in [-0.2, 0) is 27.4 Å². The van der Waals surface area contributed by atoms with E-state index in [1.807, 2.05) is 64.0 Å². The van der Waals surface area contributed by atoms with Gasteiger partial charge in [0.05, 0.1) is 96.3 Å². The number of amides is 1. The molecule has 0 unspecified atom stereocenters. The highest BCUT2D eigenvalue weighted by molar-refractivity contribution is 6.36. The Morgan fingerprint density at radius 2 is 1.19 bits per heavy atom. The number of rotatable bonds is 13. The second-order valence-electron chi connectivity index (χ2n) is 20.6. The zero-order valence-electron chi connectivity index (χ0n) is 40.6. The first-order valence-electron chi connectivity index (χ1n) is 24.5. The molecule has 0 saturated heterocycles. The van der Waals surface area contributed by atoms with E-state index in [0.717, 1.165) is 101 Å².